The summed E-state index contributed by atoms with van der Waals surface area (Å²) in [5.74, 6) is -3.82. The van der Waals surface area contributed by atoms with Crippen molar-refractivity contribution in [2.75, 3.05) is 74.0 Å². The van der Waals surface area contributed by atoms with E-state index in [2.05, 4.69) is 5.32 Å². The molecule has 5 aromatic carbocycles. The molecule has 8 amide bonds. The van der Waals surface area contributed by atoms with Crippen molar-refractivity contribution >= 4 is 53.2 Å². The van der Waals surface area contributed by atoms with Gasteiger partial charge in [-0.3, -0.25) is 62.5 Å². The van der Waals surface area contributed by atoms with Crippen LogP contribution in [0.2, 0.25) is 0 Å². The lowest BCUT2D eigenvalue weighted by molar-refractivity contribution is -0.183. The molecule has 0 heterocycles. The number of rotatable bonds is 41. The quantitative estimate of drug-likeness (QED) is 0.0229. The molecule has 5 aromatic rings. The second-order valence-electron chi connectivity index (χ2n) is 21.1. The maximum Gasteiger partial charge on any atom is 0.325 e. The molecule has 0 aliphatic heterocycles. The molecule has 1 N–H and O–H groups in total. The number of ether oxygens (including phenoxy) is 1. The first-order chi connectivity index (χ1) is 43.0. The standard InChI is InChI=1S/C67H86N8O14/c1-69(86-50-55-26-12-6-13-27-55)60(77)35-34-59(76)68-42-22-45-73(64(81)39-36-61(78)70(2)87-51-56-28-14-7-15-29-56)43-20-21-44-74(65(82)40-37-62(79)71(3)88-52-57-30-16-8-17-31-57)46-23-47-75(48-67(84)85-49-54-24-10-5-11-25-54)66(83)41-38-63(80)72(4)89-53-58-32-18-9-19-33-58/h5-19,24-33H,20-23,34-53H2,1-4H3,(H,68,76). The van der Waals surface area contributed by atoms with Gasteiger partial charge < -0.3 is 24.8 Å². The minimum absolute atomic E-state index is 0.00707. The van der Waals surface area contributed by atoms with E-state index in [1.807, 2.05) is 140 Å². The Balaban J connectivity index is 1.22. The highest BCUT2D eigenvalue weighted by atomic mass is 16.7. The molecule has 478 valence electrons. The Kier molecular flexibility index (Phi) is 32.3. The predicted molar refractivity (Wildman–Crippen MR) is 330 cm³/mol. The fourth-order valence-electron chi connectivity index (χ4n) is 8.83. The third-order valence-corrected chi connectivity index (χ3v) is 14.2. The first-order valence-corrected chi connectivity index (χ1v) is 30.1. The molecule has 0 aromatic heterocycles. The number of unbranched alkanes of at least 4 members (excludes halogenated alkanes) is 1. The van der Waals surface area contributed by atoms with Crippen LogP contribution in [0, 0.1) is 0 Å². The molecule has 0 atom stereocenters. The van der Waals surface area contributed by atoms with Gasteiger partial charge in [0.05, 0.1) is 0 Å². The molecule has 0 radical (unpaired) electrons. The number of amides is 8. The third-order valence-electron chi connectivity index (χ3n) is 14.2. The van der Waals surface area contributed by atoms with Crippen molar-refractivity contribution in [2.24, 2.45) is 0 Å². The second-order valence-corrected chi connectivity index (χ2v) is 21.1. The Morgan fingerprint density at radius 3 is 0.933 bits per heavy atom. The van der Waals surface area contributed by atoms with Gasteiger partial charge in [-0.25, -0.2) is 20.3 Å². The summed E-state index contributed by atoms with van der Waals surface area (Å²) in [6.45, 7) is 1.13. The molecule has 0 fully saturated rings. The summed E-state index contributed by atoms with van der Waals surface area (Å²) in [6.07, 6.45) is 0.131. The smallest absolute Gasteiger partial charge is 0.325 e. The van der Waals surface area contributed by atoms with Gasteiger partial charge in [0.15, 0.2) is 0 Å². The van der Waals surface area contributed by atoms with Gasteiger partial charge in [0.25, 0.3) is 0 Å². The number of hydroxylamine groups is 8. The zero-order valence-electron chi connectivity index (χ0n) is 51.8. The van der Waals surface area contributed by atoms with Crippen LogP contribution in [0.3, 0.4) is 0 Å². The molecule has 0 bridgehead atoms. The van der Waals surface area contributed by atoms with Crippen LogP contribution in [-0.2, 0) is 100 Å². The third kappa shape index (κ3) is 28.7. The molecule has 0 aliphatic rings. The lowest BCUT2D eigenvalue weighted by Gasteiger charge is -2.27. The normalized spacial score (nSPS) is 10.8. The summed E-state index contributed by atoms with van der Waals surface area (Å²) in [4.78, 5) is 148. The number of benzene rings is 5. The molecule has 22 heteroatoms. The van der Waals surface area contributed by atoms with E-state index >= 15 is 0 Å². The van der Waals surface area contributed by atoms with Crippen LogP contribution in [-0.4, -0.2) is 162 Å². The summed E-state index contributed by atoms with van der Waals surface area (Å²) >= 11 is 0. The fourth-order valence-corrected chi connectivity index (χ4v) is 8.83. The molecule has 22 nitrogen and oxygen atoms in total. The van der Waals surface area contributed by atoms with E-state index in [4.69, 9.17) is 24.1 Å². The van der Waals surface area contributed by atoms with Crippen LogP contribution in [0.4, 0.5) is 0 Å². The van der Waals surface area contributed by atoms with Crippen LogP contribution in [0.15, 0.2) is 152 Å². The van der Waals surface area contributed by atoms with Crippen molar-refractivity contribution in [2.45, 2.75) is 110 Å². The maximum atomic E-state index is 14.2. The second kappa shape index (κ2) is 40.6. The van der Waals surface area contributed by atoms with Crippen molar-refractivity contribution in [3.05, 3.63) is 179 Å². The van der Waals surface area contributed by atoms with Crippen molar-refractivity contribution in [1.82, 2.24) is 40.3 Å². The van der Waals surface area contributed by atoms with Crippen LogP contribution in [0.25, 0.3) is 0 Å². The van der Waals surface area contributed by atoms with Crippen molar-refractivity contribution < 1.29 is 67.2 Å². The molecular formula is C67H86N8O14. The average Bonchev–Trinajstić information content (AvgIpc) is 3.69. The lowest BCUT2D eigenvalue weighted by Crippen LogP contribution is -2.40. The molecule has 0 unspecified atom stereocenters. The number of hydrogen-bond donors (Lipinski definition) is 1. The van der Waals surface area contributed by atoms with Gasteiger partial charge in [-0.15, -0.1) is 0 Å². The van der Waals surface area contributed by atoms with E-state index in [1.54, 1.807) is 21.9 Å². The molecule has 5 rings (SSSR count). The van der Waals surface area contributed by atoms with Gasteiger partial charge >= 0.3 is 5.97 Å². The van der Waals surface area contributed by atoms with Crippen LogP contribution in [0.5, 0.6) is 0 Å². The van der Waals surface area contributed by atoms with Gasteiger partial charge in [-0.2, -0.15) is 0 Å². The highest BCUT2D eigenvalue weighted by molar-refractivity contribution is 5.87. The van der Waals surface area contributed by atoms with Crippen molar-refractivity contribution in [3.63, 3.8) is 0 Å². The molecule has 89 heavy (non-hydrogen) atoms. The maximum absolute atomic E-state index is 14.2. The van der Waals surface area contributed by atoms with E-state index in [0.29, 0.717) is 19.3 Å². The SMILES string of the molecule is CN(OCc1ccccc1)C(=O)CCC(=O)NCCCN(CCCCN(CCCN(CC(=O)OCc1ccccc1)C(=O)CCC(=O)N(C)OCc1ccccc1)C(=O)CCC(=O)N(C)OCc1ccccc1)C(=O)CCC(=O)N(C)OCc1ccccc1. The van der Waals surface area contributed by atoms with Gasteiger partial charge in [0, 0.05) is 119 Å². The number of hydrogen-bond acceptors (Lipinski definition) is 14. The van der Waals surface area contributed by atoms with Crippen LogP contribution >= 0.6 is 0 Å². The van der Waals surface area contributed by atoms with E-state index in [-0.39, 0.29) is 154 Å². The highest BCUT2D eigenvalue weighted by Gasteiger charge is 2.24. The number of nitrogens with one attached hydrogen (secondary N) is 1. The average molecular weight is 1230 g/mol. The van der Waals surface area contributed by atoms with Gasteiger partial charge in [-0.1, -0.05) is 152 Å². The predicted octanol–water partition coefficient (Wildman–Crippen LogP) is 7.37. The summed E-state index contributed by atoms with van der Waals surface area (Å²) in [6, 6.07) is 46.4. The molecule has 0 saturated carbocycles. The monoisotopic (exact) mass is 1230 g/mol. The van der Waals surface area contributed by atoms with E-state index in [1.165, 1.54) is 33.1 Å². The summed E-state index contributed by atoms with van der Waals surface area (Å²) in [5.41, 5.74) is 4.20. The Morgan fingerprint density at radius 2 is 0.584 bits per heavy atom. The number of carbonyl (C=O) groups is 9. The topological polar surface area (TPSA) is 234 Å². The first kappa shape index (κ1) is 70.9. The largest absolute Gasteiger partial charge is 0.459 e. The Labute approximate surface area is 522 Å². The van der Waals surface area contributed by atoms with Crippen LogP contribution < -0.4 is 5.32 Å². The zero-order valence-corrected chi connectivity index (χ0v) is 51.8. The molecule has 0 saturated heterocycles. The minimum atomic E-state index is -0.670. The van der Waals surface area contributed by atoms with Crippen molar-refractivity contribution in [3.8, 4) is 0 Å². The Morgan fingerprint density at radius 1 is 0.315 bits per heavy atom. The first-order valence-electron chi connectivity index (χ1n) is 30.1. The van der Waals surface area contributed by atoms with E-state index < -0.39 is 36.1 Å². The molecule has 0 spiro atoms. The Hall–Kier alpha value is -8.83. The van der Waals surface area contributed by atoms with Gasteiger partial charge in [0.1, 0.15) is 39.6 Å². The lowest BCUT2D eigenvalue weighted by atomic mass is 10.2. The molecular weight excluding hydrogens is 1140 g/mol. The number of carbonyl (C=O) groups excluding carboxylic acids is 9. The van der Waals surface area contributed by atoms with Crippen LogP contribution in [0.1, 0.15) is 105 Å². The van der Waals surface area contributed by atoms with E-state index in [9.17, 15) is 43.2 Å². The summed E-state index contributed by atoms with van der Waals surface area (Å²) in [7, 11) is 5.93. The Bertz CT molecular complexity index is 2950. The summed E-state index contributed by atoms with van der Waals surface area (Å²) < 4.78 is 5.55. The highest BCUT2D eigenvalue weighted by Crippen LogP contribution is 2.14. The number of esters is 1. The number of nitrogens with zero attached hydrogens (tertiary/aromatic N) is 7. The summed E-state index contributed by atoms with van der Waals surface area (Å²) in [5, 5.41) is 7.24. The molecule has 0 aliphatic carbocycles. The van der Waals surface area contributed by atoms with E-state index in [0.717, 1.165) is 48.1 Å². The fraction of sp³-hybridized carbons (Fsp3) is 0.418. The van der Waals surface area contributed by atoms with Gasteiger partial charge in [-0.05, 0) is 53.5 Å². The van der Waals surface area contributed by atoms with Gasteiger partial charge in [0.2, 0.25) is 47.3 Å². The zero-order chi connectivity index (χ0) is 64.0. The van der Waals surface area contributed by atoms with Crippen molar-refractivity contribution in [1.29, 1.82) is 0 Å². The minimum Gasteiger partial charge on any atom is -0.459 e.